The number of aromatic nitrogens is 1. The van der Waals surface area contributed by atoms with Gasteiger partial charge in [-0.1, -0.05) is 13.8 Å². The second kappa shape index (κ2) is 15.8. The number of hydrogen-bond acceptors (Lipinski definition) is 5. The van der Waals surface area contributed by atoms with Gasteiger partial charge in [-0.2, -0.15) is 0 Å². The van der Waals surface area contributed by atoms with E-state index in [-0.39, 0.29) is 42.9 Å². The summed E-state index contributed by atoms with van der Waals surface area (Å²) in [5.74, 6) is -3.06. The lowest BCUT2D eigenvalue weighted by atomic mass is 9.79. The summed E-state index contributed by atoms with van der Waals surface area (Å²) in [5.41, 5.74) is 2.39. The number of carbonyl (C=O) groups excluding carboxylic acids is 3. The number of benzene rings is 2. The van der Waals surface area contributed by atoms with Crippen molar-refractivity contribution in [3.63, 3.8) is 0 Å². The van der Waals surface area contributed by atoms with Crippen LogP contribution in [0.4, 0.5) is 8.78 Å². The zero-order valence-electron chi connectivity index (χ0n) is 26.3. The highest BCUT2D eigenvalue weighted by molar-refractivity contribution is 6.01. The normalized spacial score (nSPS) is 16.2. The van der Waals surface area contributed by atoms with Crippen LogP contribution in [0.3, 0.4) is 0 Å². The maximum atomic E-state index is 14.1. The van der Waals surface area contributed by atoms with Crippen molar-refractivity contribution in [2.24, 2.45) is 11.8 Å². The Balaban J connectivity index is 1.59. The lowest BCUT2D eigenvalue weighted by Crippen LogP contribution is -2.46. The average molecular weight is 620 g/mol. The van der Waals surface area contributed by atoms with Crippen molar-refractivity contribution in [2.75, 3.05) is 26.2 Å². The highest BCUT2D eigenvalue weighted by atomic mass is 19.1. The minimum absolute atomic E-state index is 0.0643. The summed E-state index contributed by atoms with van der Waals surface area (Å²) >= 11 is 0. The molecule has 2 aromatic carbocycles. The molecule has 3 atom stereocenters. The molecule has 2 amide bonds. The minimum atomic E-state index is -1.02. The Bertz CT molecular complexity index is 1460. The number of nitrogens with zero attached hydrogens (tertiary/aromatic N) is 3. The third kappa shape index (κ3) is 9.03. The predicted molar refractivity (Wildman–Crippen MR) is 169 cm³/mol. The molecule has 1 N–H and O–H groups in total. The van der Waals surface area contributed by atoms with Crippen molar-refractivity contribution >= 4 is 17.6 Å². The van der Waals surface area contributed by atoms with Gasteiger partial charge in [-0.05, 0) is 98.5 Å². The van der Waals surface area contributed by atoms with Crippen LogP contribution in [0.2, 0.25) is 0 Å². The van der Waals surface area contributed by atoms with Gasteiger partial charge in [0.15, 0.2) is 5.78 Å². The van der Waals surface area contributed by atoms with Gasteiger partial charge in [0.1, 0.15) is 11.6 Å². The molecule has 0 bridgehead atoms. The van der Waals surface area contributed by atoms with Gasteiger partial charge in [0.2, 0.25) is 0 Å². The van der Waals surface area contributed by atoms with Gasteiger partial charge in [0, 0.05) is 73.7 Å². The summed E-state index contributed by atoms with van der Waals surface area (Å²) < 4.78 is 28.3. The van der Waals surface area contributed by atoms with E-state index in [9.17, 15) is 28.3 Å². The SMILES string of the molecule is CCCN(CCC)C(=O)c1cc(C)cc(C(=O)CC(Cc2cc(F)cc(F)c2)[C@H](O)C2CCCN(C(=O)c3ccncc3)C2)c1. The molecule has 4 rings (SSSR count). The van der Waals surface area contributed by atoms with Gasteiger partial charge in [-0.25, -0.2) is 8.78 Å². The second-order valence-corrected chi connectivity index (χ2v) is 12.1. The molecule has 1 aliphatic rings. The summed E-state index contributed by atoms with van der Waals surface area (Å²) in [4.78, 5) is 47.8. The molecule has 0 aliphatic carbocycles. The third-order valence-corrected chi connectivity index (χ3v) is 8.43. The van der Waals surface area contributed by atoms with Crippen LogP contribution in [0.25, 0.3) is 0 Å². The number of amides is 2. The van der Waals surface area contributed by atoms with Gasteiger partial charge in [0.25, 0.3) is 11.8 Å². The Morgan fingerprint density at radius 3 is 2.24 bits per heavy atom. The molecule has 1 aromatic heterocycles. The number of pyridine rings is 1. The fourth-order valence-electron chi connectivity index (χ4n) is 6.34. The van der Waals surface area contributed by atoms with Crippen molar-refractivity contribution in [3.05, 3.63) is 100 Å². The van der Waals surface area contributed by atoms with Gasteiger partial charge in [-0.15, -0.1) is 0 Å². The quantitative estimate of drug-likeness (QED) is 0.228. The lowest BCUT2D eigenvalue weighted by Gasteiger charge is -2.38. The molecule has 45 heavy (non-hydrogen) atoms. The number of piperidine rings is 1. The molecule has 1 aliphatic heterocycles. The highest BCUT2D eigenvalue weighted by Crippen LogP contribution is 2.30. The Labute approximate surface area is 264 Å². The molecule has 0 saturated carbocycles. The molecule has 1 saturated heterocycles. The number of hydrogen-bond donors (Lipinski definition) is 1. The van der Waals surface area contributed by atoms with Crippen molar-refractivity contribution < 1.29 is 28.3 Å². The number of aryl methyl sites for hydroxylation is 1. The summed E-state index contributed by atoms with van der Waals surface area (Å²) in [6, 6.07) is 11.6. The molecule has 9 heteroatoms. The third-order valence-electron chi connectivity index (χ3n) is 8.43. The van der Waals surface area contributed by atoms with Crippen LogP contribution in [-0.2, 0) is 6.42 Å². The largest absolute Gasteiger partial charge is 0.392 e. The number of aliphatic hydroxyl groups excluding tert-OH is 1. The lowest BCUT2D eigenvalue weighted by molar-refractivity contribution is 0.0100. The van der Waals surface area contributed by atoms with Gasteiger partial charge in [0.05, 0.1) is 6.10 Å². The molecule has 0 spiro atoms. The van der Waals surface area contributed by atoms with Gasteiger partial charge < -0.3 is 14.9 Å². The number of halogens is 2. The number of rotatable bonds is 13. The first-order chi connectivity index (χ1) is 21.6. The molecule has 2 unspecified atom stereocenters. The standard InChI is InChI=1S/C36H43F2N3O4/c1-4-12-40(13-5-2)36(45)30-16-24(3)15-28(20-30)33(42)21-29(17-25-18-31(37)22-32(38)19-25)34(43)27-7-6-14-41(23-27)35(44)26-8-10-39-11-9-26/h8-11,15-16,18-20,22,27,29,34,43H,4-7,12-14,17,21,23H2,1-3H3/t27?,29?,34-/m1/s1. The van der Waals surface area contributed by atoms with Crippen molar-refractivity contribution in [3.8, 4) is 0 Å². The predicted octanol–water partition coefficient (Wildman–Crippen LogP) is 6.28. The molecule has 0 radical (unpaired) electrons. The van der Waals surface area contributed by atoms with Crippen LogP contribution in [0, 0.1) is 30.4 Å². The van der Waals surface area contributed by atoms with Crippen LogP contribution >= 0.6 is 0 Å². The molecule has 2 heterocycles. The summed E-state index contributed by atoms with van der Waals surface area (Å²) in [7, 11) is 0. The fourth-order valence-corrected chi connectivity index (χ4v) is 6.34. The first-order valence-electron chi connectivity index (χ1n) is 15.9. The number of carbonyl (C=O) groups is 3. The molecule has 240 valence electrons. The van der Waals surface area contributed by atoms with E-state index in [2.05, 4.69) is 4.98 Å². The molecule has 7 nitrogen and oxygen atoms in total. The zero-order chi connectivity index (χ0) is 32.5. The topological polar surface area (TPSA) is 90.8 Å². The molecular weight excluding hydrogens is 576 g/mol. The minimum Gasteiger partial charge on any atom is -0.392 e. The van der Waals surface area contributed by atoms with Crippen LogP contribution in [0.15, 0.2) is 60.9 Å². The summed E-state index contributed by atoms with van der Waals surface area (Å²) in [5, 5.41) is 11.7. The number of aliphatic hydroxyl groups is 1. The summed E-state index contributed by atoms with van der Waals surface area (Å²) in [6.07, 6.45) is 4.99. The van der Waals surface area contributed by atoms with E-state index in [0.717, 1.165) is 24.5 Å². The van der Waals surface area contributed by atoms with E-state index >= 15 is 0 Å². The van der Waals surface area contributed by atoms with Crippen molar-refractivity contribution in [2.45, 2.75) is 65.4 Å². The van der Waals surface area contributed by atoms with Gasteiger partial charge >= 0.3 is 0 Å². The second-order valence-electron chi connectivity index (χ2n) is 12.1. The molecular formula is C36H43F2N3O4. The Morgan fingerprint density at radius 1 is 0.956 bits per heavy atom. The van der Waals surface area contributed by atoms with Crippen molar-refractivity contribution in [1.82, 2.24) is 14.8 Å². The smallest absolute Gasteiger partial charge is 0.253 e. The average Bonchev–Trinajstić information content (AvgIpc) is 3.03. The van der Waals surface area contributed by atoms with E-state index in [4.69, 9.17) is 0 Å². The Morgan fingerprint density at radius 2 is 1.60 bits per heavy atom. The monoisotopic (exact) mass is 619 g/mol. The van der Waals surface area contributed by atoms with E-state index in [1.165, 1.54) is 12.1 Å². The maximum Gasteiger partial charge on any atom is 0.253 e. The van der Waals surface area contributed by atoms with E-state index in [0.29, 0.717) is 54.7 Å². The highest BCUT2D eigenvalue weighted by Gasteiger charge is 2.35. The Kier molecular flexibility index (Phi) is 11.9. The first kappa shape index (κ1) is 33.9. The van der Waals surface area contributed by atoms with Crippen LogP contribution in [-0.4, -0.2) is 69.8 Å². The van der Waals surface area contributed by atoms with E-state index in [1.807, 2.05) is 20.8 Å². The van der Waals surface area contributed by atoms with E-state index in [1.54, 1.807) is 52.5 Å². The fraction of sp³-hybridized carbons (Fsp3) is 0.444. The van der Waals surface area contributed by atoms with Crippen LogP contribution < -0.4 is 0 Å². The number of likely N-dealkylation sites (tertiary alicyclic amines) is 1. The van der Waals surface area contributed by atoms with E-state index < -0.39 is 23.7 Å². The first-order valence-corrected chi connectivity index (χ1v) is 15.9. The zero-order valence-corrected chi connectivity index (χ0v) is 26.3. The van der Waals surface area contributed by atoms with Gasteiger partial charge in [-0.3, -0.25) is 19.4 Å². The Hall–Kier alpha value is -3.98. The van der Waals surface area contributed by atoms with Crippen LogP contribution in [0.5, 0.6) is 0 Å². The maximum absolute atomic E-state index is 14.1. The number of ketones is 1. The van der Waals surface area contributed by atoms with Crippen molar-refractivity contribution in [1.29, 1.82) is 0 Å². The molecule has 3 aromatic rings. The number of Topliss-reactive ketones (excluding diaryl/α,β-unsaturated/α-hetero) is 1. The van der Waals surface area contributed by atoms with Crippen LogP contribution in [0.1, 0.15) is 88.2 Å². The summed E-state index contributed by atoms with van der Waals surface area (Å²) in [6.45, 7) is 7.91. The molecule has 1 fully saturated rings.